The van der Waals surface area contributed by atoms with Crippen LogP contribution in [0.1, 0.15) is 36.9 Å². The van der Waals surface area contributed by atoms with Gasteiger partial charge in [-0.15, -0.1) is 0 Å². The lowest BCUT2D eigenvalue weighted by atomic mass is 9.95. The van der Waals surface area contributed by atoms with Crippen LogP contribution < -0.4 is 5.32 Å². The molecule has 1 saturated heterocycles. The molecule has 0 spiro atoms. The Balaban J connectivity index is 1.47. The molecule has 0 bridgehead atoms. The number of piperidine rings is 1. The van der Waals surface area contributed by atoms with Crippen LogP contribution in [-0.4, -0.2) is 29.8 Å². The highest BCUT2D eigenvalue weighted by atomic mass is 19.1. The maximum absolute atomic E-state index is 13.0. The fourth-order valence-corrected chi connectivity index (χ4v) is 3.37. The third-order valence-corrected chi connectivity index (χ3v) is 5.12. The summed E-state index contributed by atoms with van der Waals surface area (Å²) < 4.78 is 13.0. The van der Waals surface area contributed by atoms with Gasteiger partial charge in [-0.1, -0.05) is 42.5 Å². The molecule has 0 aromatic heterocycles. The van der Waals surface area contributed by atoms with Crippen LogP contribution in [0, 0.1) is 11.7 Å². The van der Waals surface area contributed by atoms with E-state index in [1.54, 1.807) is 23.1 Å². The number of carbonyl (C=O) groups excluding carboxylic acids is 2. The van der Waals surface area contributed by atoms with E-state index in [-0.39, 0.29) is 29.6 Å². The van der Waals surface area contributed by atoms with Crippen molar-refractivity contribution in [3.8, 4) is 0 Å². The molecule has 3 rings (SSSR count). The van der Waals surface area contributed by atoms with Crippen molar-refractivity contribution in [3.63, 3.8) is 0 Å². The van der Waals surface area contributed by atoms with Crippen LogP contribution in [0.25, 0.3) is 6.08 Å². The predicted molar refractivity (Wildman–Crippen MR) is 108 cm³/mol. The molecule has 1 heterocycles. The van der Waals surface area contributed by atoms with Crippen molar-refractivity contribution in [2.24, 2.45) is 5.92 Å². The predicted octanol–water partition coefficient (Wildman–Crippen LogP) is 3.95. The number of nitrogens with zero attached hydrogens (tertiary/aromatic N) is 1. The summed E-state index contributed by atoms with van der Waals surface area (Å²) in [6.07, 6.45) is 4.69. The fraction of sp³-hybridized carbons (Fsp3) is 0.304. The van der Waals surface area contributed by atoms with Gasteiger partial charge in [-0.3, -0.25) is 9.59 Å². The highest BCUT2D eigenvalue weighted by molar-refractivity contribution is 5.92. The third-order valence-electron chi connectivity index (χ3n) is 5.12. The van der Waals surface area contributed by atoms with Gasteiger partial charge >= 0.3 is 0 Å². The Bertz CT molecular complexity index is 825. The van der Waals surface area contributed by atoms with Crippen molar-refractivity contribution in [2.75, 3.05) is 13.1 Å². The molecule has 0 radical (unpaired) electrons. The third kappa shape index (κ3) is 5.28. The summed E-state index contributed by atoms with van der Waals surface area (Å²) in [6.45, 7) is 3.03. The second kappa shape index (κ2) is 9.31. The molecule has 0 aliphatic carbocycles. The second-order valence-electron chi connectivity index (χ2n) is 7.13. The Hall–Kier alpha value is -2.95. The molecule has 2 aromatic rings. The van der Waals surface area contributed by atoms with Crippen LogP contribution in [0.3, 0.4) is 0 Å². The SMILES string of the molecule is CC(NC(=O)C1CCN(C(=O)/C=C/c2ccccc2)CC1)c1ccc(F)cc1. The minimum absolute atomic E-state index is 0.0104. The maximum atomic E-state index is 13.0. The summed E-state index contributed by atoms with van der Waals surface area (Å²) in [5.74, 6) is -0.433. The van der Waals surface area contributed by atoms with E-state index < -0.39 is 0 Å². The van der Waals surface area contributed by atoms with Crippen LogP contribution in [0.4, 0.5) is 4.39 Å². The molecule has 1 N–H and O–H groups in total. The van der Waals surface area contributed by atoms with Crippen molar-refractivity contribution < 1.29 is 14.0 Å². The molecule has 146 valence electrons. The van der Waals surface area contributed by atoms with Gasteiger partial charge in [-0.2, -0.15) is 0 Å². The Morgan fingerprint density at radius 2 is 1.71 bits per heavy atom. The number of amides is 2. The number of rotatable bonds is 5. The number of nitrogens with one attached hydrogen (secondary N) is 1. The normalized spacial score (nSPS) is 16.1. The monoisotopic (exact) mass is 380 g/mol. The number of hydrogen-bond donors (Lipinski definition) is 1. The quantitative estimate of drug-likeness (QED) is 0.799. The first-order valence-corrected chi connectivity index (χ1v) is 9.61. The van der Waals surface area contributed by atoms with E-state index in [9.17, 15) is 14.0 Å². The van der Waals surface area contributed by atoms with Gasteiger partial charge in [-0.05, 0) is 49.1 Å². The molecule has 1 aliphatic heterocycles. The van der Waals surface area contributed by atoms with E-state index >= 15 is 0 Å². The van der Waals surface area contributed by atoms with Crippen LogP contribution in [-0.2, 0) is 9.59 Å². The molecule has 1 aliphatic rings. The first kappa shape index (κ1) is 19.8. The standard InChI is InChI=1S/C23H25FN2O2/c1-17(19-8-10-21(24)11-9-19)25-23(28)20-13-15-26(16-14-20)22(27)12-7-18-5-3-2-4-6-18/h2-12,17,20H,13-16H2,1H3,(H,25,28)/b12-7+. The minimum Gasteiger partial charge on any atom is -0.349 e. The summed E-state index contributed by atoms with van der Waals surface area (Å²) in [5.41, 5.74) is 1.85. The average Bonchev–Trinajstić information content (AvgIpc) is 2.73. The van der Waals surface area contributed by atoms with E-state index in [2.05, 4.69) is 5.32 Å². The van der Waals surface area contributed by atoms with Crippen molar-refractivity contribution in [2.45, 2.75) is 25.8 Å². The van der Waals surface area contributed by atoms with Gasteiger partial charge in [0.2, 0.25) is 11.8 Å². The first-order chi connectivity index (χ1) is 13.5. The molecule has 4 nitrogen and oxygen atoms in total. The van der Waals surface area contributed by atoms with E-state index in [0.717, 1.165) is 11.1 Å². The number of hydrogen-bond acceptors (Lipinski definition) is 2. The zero-order valence-corrected chi connectivity index (χ0v) is 16.0. The molecule has 28 heavy (non-hydrogen) atoms. The van der Waals surface area contributed by atoms with Gasteiger partial charge < -0.3 is 10.2 Å². The molecule has 2 aromatic carbocycles. The van der Waals surface area contributed by atoms with E-state index in [1.165, 1.54) is 12.1 Å². The Kier molecular flexibility index (Phi) is 6.58. The van der Waals surface area contributed by atoms with Gasteiger partial charge in [0.1, 0.15) is 5.82 Å². The van der Waals surface area contributed by atoms with Crippen molar-refractivity contribution in [1.29, 1.82) is 0 Å². The molecule has 5 heteroatoms. The zero-order chi connectivity index (χ0) is 19.9. The zero-order valence-electron chi connectivity index (χ0n) is 16.0. The largest absolute Gasteiger partial charge is 0.349 e. The fourth-order valence-electron chi connectivity index (χ4n) is 3.37. The highest BCUT2D eigenvalue weighted by Crippen LogP contribution is 2.20. The molecule has 2 amide bonds. The summed E-state index contributed by atoms with van der Waals surface area (Å²) in [6, 6.07) is 15.7. The van der Waals surface area contributed by atoms with Gasteiger partial charge in [0.25, 0.3) is 0 Å². The minimum atomic E-state index is -0.291. The number of likely N-dealkylation sites (tertiary alicyclic amines) is 1. The number of halogens is 1. The molecule has 1 atom stereocenters. The van der Waals surface area contributed by atoms with Gasteiger partial charge in [0.05, 0.1) is 6.04 Å². The summed E-state index contributed by atoms with van der Waals surface area (Å²) in [5, 5.41) is 3.00. The first-order valence-electron chi connectivity index (χ1n) is 9.61. The average molecular weight is 380 g/mol. The summed E-state index contributed by atoms with van der Waals surface area (Å²) >= 11 is 0. The summed E-state index contributed by atoms with van der Waals surface area (Å²) in [4.78, 5) is 26.7. The van der Waals surface area contributed by atoms with Crippen LogP contribution in [0.2, 0.25) is 0 Å². The van der Waals surface area contributed by atoms with Crippen molar-refractivity contribution >= 4 is 17.9 Å². The maximum Gasteiger partial charge on any atom is 0.246 e. The van der Waals surface area contributed by atoms with Gasteiger partial charge in [0, 0.05) is 25.1 Å². The number of carbonyl (C=O) groups is 2. The molecule has 0 saturated carbocycles. The van der Waals surface area contributed by atoms with E-state index in [4.69, 9.17) is 0 Å². The van der Waals surface area contributed by atoms with Gasteiger partial charge in [0.15, 0.2) is 0 Å². The highest BCUT2D eigenvalue weighted by Gasteiger charge is 2.27. The lowest BCUT2D eigenvalue weighted by molar-refractivity contribution is -0.132. The lowest BCUT2D eigenvalue weighted by Gasteiger charge is -2.31. The Morgan fingerprint density at radius 3 is 2.36 bits per heavy atom. The van der Waals surface area contributed by atoms with E-state index in [0.29, 0.717) is 25.9 Å². The molecular weight excluding hydrogens is 355 g/mol. The van der Waals surface area contributed by atoms with Crippen molar-refractivity contribution in [1.82, 2.24) is 10.2 Å². The molecule has 1 fully saturated rings. The van der Waals surface area contributed by atoms with E-state index in [1.807, 2.05) is 43.3 Å². The molecular formula is C23H25FN2O2. The number of benzene rings is 2. The Labute approximate surface area is 165 Å². The van der Waals surface area contributed by atoms with Crippen molar-refractivity contribution in [3.05, 3.63) is 77.6 Å². The summed E-state index contributed by atoms with van der Waals surface area (Å²) in [7, 11) is 0. The molecule has 1 unspecified atom stereocenters. The van der Waals surface area contributed by atoms with Crippen LogP contribution >= 0.6 is 0 Å². The second-order valence-corrected chi connectivity index (χ2v) is 7.13. The van der Waals surface area contributed by atoms with Crippen LogP contribution in [0.15, 0.2) is 60.7 Å². The van der Waals surface area contributed by atoms with Gasteiger partial charge in [-0.25, -0.2) is 4.39 Å². The van der Waals surface area contributed by atoms with Crippen LogP contribution in [0.5, 0.6) is 0 Å². The lowest BCUT2D eigenvalue weighted by Crippen LogP contribution is -2.43. The smallest absolute Gasteiger partial charge is 0.246 e. The Morgan fingerprint density at radius 1 is 1.07 bits per heavy atom. The topological polar surface area (TPSA) is 49.4 Å².